The van der Waals surface area contributed by atoms with E-state index >= 15 is 0 Å². The molecule has 23 heavy (non-hydrogen) atoms. The second-order valence-electron chi connectivity index (χ2n) is 4.63. The number of hydrogen-bond acceptors (Lipinski definition) is 2. The minimum Gasteiger partial charge on any atom is -0.445 e. The lowest BCUT2D eigenvalue weighted by atomic mass is 10.2. The van der Waals surface area contributed by atoms with Crippen LogP contribution in [0.15, 0.2) is 57.5 Å². The Morgan fingerprint density at radius 1 is 1.22 bits per heavy atom. The summed E-state index contributed by atoms with van der Waals surface area (Å²) in [6, 6.07) is 12.5. The van der Waals surface area contributed by atoms with Crippen LogP contribution in [0.1, 0.15) is 11.1 Å². The summed E-state index contributed by atoms with van der Waals surface area (Å²) in [6.45, 7) is 0.457. The van der Waals surface area contributed by atoms with Crippen molar-refractivity contribution in [2.75, 3.05) is 6.54 Å². The molecule has 0 aliphatic carbocycles. The SMILES string of the molecule is O=C(NCC=Cc1c(F)cc(Br)cc1Br)OCc1ccccc1. The van der Waals surface area contributed by atoms with Crippen molar-refractivity contribution in [1.29, 1.82) is 0 Å². The first kappa shape index (κ1) is 17.7. The minimum absolute atomic E-state index is 0.212. The van der Waals surface area contributed by atoms with Crippen LogP contribution in [0.5, 0.6) is 0 Å². The van der Waals surface area contributed by atoms with Gasteiger partial charge in [0.2, 0.25) is 0 Å². The number of carbonyl (C=O) groups excluding carboxylic acids is 1. The van der Waals surface area contributed by atoms with Crippen LogP contribution >= 0.6 is 31.9 Å². The first-order chi connectivity index (χ1) is 11.1. The van der Waals surface area contributed by atoms with E-state index in [4.69, 9.17) is 4.74 Å². The van der Waals surface area contributed by atoms with Gasteiger partial charge in [0.15, 0.2) is 0 Å². The number of carbonyl (C=O) groups is 1. The van der Waals surface area contributed by atoms with Gasteiger partial charge in [-0.25, -0.2) is 9.18 Å². The fourth-order valence-electron chi connectivity index (χ4n) is 1.81. The molecule has 0 heterocycles. The molecule has 1 amide bonds. The average molecular weight is 443 g/mol. The maximum absolute atomic E-state index is 13.8. The Balaban J connectivity index is 1.79. The van der Waals surface area contributed by atoms with Gasteiger partial charge in [0.05, 0.1) is 0 Å². The summed E-state index contributed by atoms with van der Waals surface area (Å²) in [6.07, 6.45) is 2.73. The molecule has 3 nitrogen and oxygen atoms in total. The van der Waals surface area contributed by atoms with Crippen molar-refractivity contribution >= 4 is 44.0 Å². The minimum atomic E-state index is -0.520. The van der Waals surface area contributed by atoms with Gasteiger partial charge in [0.25, 0.3) is 0 Å². The molecule has 0 fully saturated rings. The molecule has 0 saturated carbocycles. The molecular formula is C17H14Br2FNO2. The van der Waals surface area contributed by atoms with E-state index in [1.807, 2.05) is 30.3 Å². The van der Waals surface area contributed by atoms with E-state index in [9.17, 15) is 9.18 Å². The Morgan fingerprint density at radius 2 is 1.96 bits per heavy atom. The van der Waals surface area contributed by atoms with Gasteiger partial charge >= 0.3 is 6.09 Å². The van der Waals surface area contributed by atoms with Crippen LogP contribution in [-0.4, -0.2) is 12.6 Å². The van der Waals surface area contributed by atoms with Crippen molar-refractivity contribution in [2.45, 2.75) is 6.61 Å². The zero-order valence-electron chi connectivity index (χ0n) is 12.1. The summed E-state index contributed by atoms with van der Waals surface area (Å²) in [5, 5.41) is 2.58. The van der Waals surface area contributed by atoms with Crippen LogP contribution in [0.4, 0.5) is 9.18 Å². The maximum Gasteiger partial charge on any atom is 0.407 e. The molecule has 0 saturated heterocycles. The predicted molar refractivity (Wildman–Crippen MR) is 95.5 cm³/mol. The van der Waals surface area contributed by atoms with E-state index < -0.39 is 6.09 Å². The molecule has 2 aromatic carbocycles. The van der Waals surface area contributed by atoms with E-state index in [1.54, 1.807) is 18.2 Å². The summed E-state index contributed by atoms with van der Waals surface area (Å²) in [5.41, 5.74) is 1.34. The Morgan fingerprint density at radius 3 is 2.65 bits per heavy atom. The van der Waals surface area contributed by atoms with Crippen LogP contribution in [0.2, 0.25) is 0 Å². The lowest BCUT2D eigenvalue weighted by Crippen LogP contribution is -2.24. The number of hydrogen-bond donors (Lipinski definition) is 1. The Kier molecular flexibility index (Phi) is 6.80. The highest BCUT2D eigenvalue weighted by Crippen LogP contribution is 2.26. The van der Waals surface area contributed by atoms with Crippen molar-refractivity contribution in [3.63, 3.8) is 0 Å². The number of amides is 1. The van der Waals surface area contributed by atoms with Crippen LogP contribution in [0.25, 0.3) is 6.08 Å². The molecular weight excluding hydrogens is 429 g/mol. The molecule has 2 aromatic rings. The van der Waals surface area contributed by atoms with Crippen molar-refractivity contribution in [1.82, 2.24) is 5.32 Å². The third-order valence-electron chi connectivity index (χ3n) is 2.91. The summed E-state index contributed by atoms with van der Waals surface area (Å²) in [7, 11) is 0. The Bertz CT molecular complexity index is 682. The van der Waals surface area contributed by atoms with E-state index in [-0.39, 0.29) is 19.0 Å². The molecule has 6 heteroatoms. The molecule has 0 aliphatic heterocycles. The lowest BCUT2D eigenvalue weighted by Gasteiger charge is -2.05. The van der Waals surface area contributed by atoms with Crippen molar-refractivity contribution in [3.8, 4) is 0 Å². The van der Waals surface area contributed by atoms with Crippen molar-refractivity contribution in [2.24, 2.45) is 0 Å². The molecule has 0 spiro atoms. The van der Waals surface area contributed by atoms with Gasteiger partial charge in [-0.2, -0.15) is 0 Å². The number of rotatable bonds is 5. The van der Waals surface area contributed by atoms with Crippen molar-refractivity contribution < 1.29 is 13.9 Å². The van der Waals surface area contributed by atoms with Gasteiger partial charge in [0, 0.05) is 21.1 Å². The number of benzene rings is 2. The zero-order chi connectivity index (χ0) is 16.7. The van der Waals surface area contributed by atoms with E-state index in [0.29, 0.717) is 14.5 Å². The number of nitrogens with one attached hydrogen (secondary N) is 1. The van der Waals surface area contributed by atoms with E-state index in [1.165, 1.54) is 6.07 Å². The zero-order valence-corrected chi connectivity index (χ0v) is 15.2. The maximum atomic E-state index is 13.8. The second kappa shape index (κ2) is 8.84. The molecule has 1 N–H and O–H groups in total. The second-order valence-corrected chi connectivity index (χ2v) is 6.40. The lowest BCUT2D eigenvalue weighted by molar-refractivity contribution is 0.141. The highest BCUT2D eigenvalue weighted by atomic mass is 79.9. The molecule has 0 bridgehead atoms. The summed E-state index contributed by atoms with van der Waals surface area (Å²) in [4.78, 5) is 11.5. The third-order valence-corrected chi connectivity index (χ3v) is 4.02. The largest absolute Gasteiger partial charge is 0.445 e. The van der Waals surface area contributed by atoms with Gasteiger partial charge in [-0.15, -0.1) is 0 Å². The molecule has 0 atom stereocenters. The monoisotopic (exact) mass is 441 g/mol. The normalized spacial score (nSPS) is 10.7. The number of halogens is 3. The molecule has 0 radical (unpaired) electrons. The molecule has 2 rings (SSSR count). The highest BCUT2D eigenvalue weighted by Gasteiger charge is 2.05. The molecule has 0 unspecified atom stereocenters. The van der Waals surface area contributed by atoms with Crippen LogP contribution in [0, 0.1) is 5.82 Å². The van der Waals surface area contributed by atoms with E-state index in [2.05, 4.69) is 37.2 Å². The van der Waals surface area contributed by atoms with Gasteiger partial charge in [-0.3, -0.25) is 0 Å². The number of alkyl carbamates (subject to hydrolysis) is 1. The first-order valence-electron chi connectivity index (χ1n) is 6.82. The van der Waals surface area contributed by atoms with Crippen LogP contribution in [0.3, 0.4) is 0 Å². The van der Waals surface area contributed by atoms with Crippen molar-refractivity contribution in [3.05, 3.63) is 74.4 Å². The molecule has 120 valence electrons. The van der Waals surface area contributed by atoms with Crippen LogP contribution in [-0.2, 0) is 11.3 Å². The standard InChI is InChI=1S/C17H14Br2FNO2/c18-13-9-15(19)14(16(20)10-13)7-4-8-21-17(22)23-11-12-5-2-1-3-6-12/h1-7,9-10H,8,11H2,(H,21,22). The highest BCUT2D eigenvalue weighted by molar-refractivity contribution is 9.11. The summed E-state index contributed by atoms with van der Waals surface area (Å²) >= 11 is 6.51. The smallest absolute Gasteiger partial charge is 0.407 e. The van der Waals surface area contributed by atoms with Gasteiger partial charge in [-0.1, -0.05) is 74.3 Å². The number of ether oxygens (including phenoxy) is 1. The fourth-order valence-corrected chi connectivity index (χ4v) is 3.11. The summed E-state index contributed by atoms with van der Waals surface area (Å²) in [5.74, 6) is -0.353. The Hall–Kier alpha value is -1.66. The topological polar surface area (TPSA) is 38.3 Å². The Labute approximate surface area is 150 Å². The van der Waals surface area contributed by atoms with Gasteiger partial charge in [-0.05, 0) is 17.7 Å². The first-order valence-corrected chi connectivity index (χ1v) is 8.40. The molecule has 0 aromatic heterocycles. The van der Waals surface area contributed by atoms with Crippen LogP contribution < -0.4 is 5.32 Å². The predicted octanol–water partition coefficient (Wildman–Crippen LogP) is 5.29. The average Bonchev–Trinajstić information content (AvgIpc) is 2.52. The quantitative estimate of drug-likeness (QED) is 0.683. The van der Waals surface area contributed by atoms with Gasteiger partial charge in [0.1, 0.15) is 12.4 Å². The molecule has 0 aliphatic rings. The van der Waals surface area contributed by atoms with Gasteiger partial charge < -0.3 is 10.1 Å². The fraction of sp³-hybridized carbons (Fsp3) is 0.118. The van der Waals surface area contributed by atoms with E-state index in [0.717, 1.165) is 5.56 Å². The summed E-state index contributed by atoms with van der Waals surface area (Å²) < 4.78 is 20.1. The third kappa shape index (κ3) is 5.80.